The normalized spacial score (nSPS) is 15.8. The molecule has 33 heavy (non-hydrogen) atoms. The smallest absolute Gasteiger partial charge is 0.246 e. The zero-order chi connectivity index (χ0) is 23.4. The number of thiazole rings is 1. The molecule has 1 atom stereocenters. The SMILES string of the molecule is CC(=O)N(c1nc(C=CC(=O)N2CCCC2Cc2ccccc2Cl)cs1)c1ccccc1F. The molecule has 5 nitrogen and oxygen atoms in total. The van der Waals surface area contributed by atoms with Crippen LogP contribution in [-0.4, -0.2) is 34.3 Å². The van der Waals surface area contributed by atoms with Crippen molar-refractivity contribution in [3.8, 4) is 0 Å². The van der Waals surface area contributed by atoms with E-state index in [0.717, 1.165) is 24.8 Å². The third-order valence-corrected chi connectivity index (χ3v) is 6.79. The second-order valence-electron chi connectivity index (χ2n) is 7.82. The fourth-order valence-corrected chi connectivity index (χ4v) is 5.06. The third-order valence-electron chi connectivity index (χ3n) is 5.58. The lowest BCUT2D eigenvalue weighted by Crippen LogP contribution is -2.35. The molecule has 4 rings (SSSR count). The first-order valence-electron chi connectivity index (χ1n) is 10.7. The number of likely N-dealkylation sites (tertiary alicyclic amines) is 1. The monoisotopic (exact) mass is 483 g/mol. The third kappa shape index (κ3) is 5.31. The van der Waals surface area contributed by atoms with Crippen LogP contribution < -0.4 is 4.90 Å². The van der Waals surface area contributed by atoms with E-state index >= 15 is 0 Å². The van der Waals surface area contributed by atoms with Crippen LogP contribution in [0, 0.1) is 5.82 Å². The molecule has 1 saturated heterocycles. The summed E-state index contributed by atoms with van der Waals surface area (Å²) in [6.07, 6.45) is 5.74. The van der Waals surface area contributed by atoms with E-state index in [1.807, 2.05) is 29.2 Å². The highest BCUT2D eigenvalue weighted by molar-refractivity contribution is 7.14. The Bertz CT molecular complexity index is 1200. The topological polar surface area (TPSA) is 53.5 Å². The Hall–Kier alpha value is -3.03. The number of hydrogen-bond donors (Lipinski definition) is 0. The number of carbonyl (C=O) groups excluding carboxylic acids is 2. The van der Waals surface area contributed by atoms with Gasteiger partial charge in [-0.1, -0.05) is 41.9 Å². The van der Waals surface area contributed by atoms with Gasteiger partial charge in [-0.3, -0.25) is 14.5 Å². The molecule has 0 spiro atoms. The average molecular weight is 484 g/mol. The summed E-state index contributed by atoms with van der Waals surface area (Å²) in [5, 5.41) is 2.80. The van der Waals surface area contributed by atoms with Crippen LogP contribution in [0.3, 0.4) is 0 Å². The Labute approximate surface area is 201 Å². The molecule has 2 heterocycles. The Morgan fingerprint density at radius 1 is 1.24 bits per heavy atom. The average Bonchev–Trinajstić information content (AvgIpc) is 3.45. The van der Waals surface area contributed by atoms with Crippen molar-refractivity contribution in [1.82, 2.24) is 9.88 Å². The summed E-state index contributed by atoms with van der Waals surface area (Å²) in [6.45, 7) is 2.06. The Morgan fingerprint density at radius 3 is 2.76 bits per heavy atom. The van der Waals surface area contributed by atoms with Gasteiger partial charge in [-0.15, -0.1) is 11.3 Å². The molecule has 170 valence electrons. The first kappa shape index (κ1) is 23.1. The van der Waals surface area contributed by atoms with Crippen LogP contribution in [0.5, 0.6) is 0 Å². The van der Waals surface area contributed by atoms with Crippen LogP contribution >= 0.6 is 22.9 Å². The molecular formula is C25H23ClFN3O2S. The van der Waals surface area contributed by atoms with Crippen molar-refractivity contribution in [2.75, 3.05) is 11.4 Å². The van der Waals surface area contributed by atoms with Crippen molar-refractivity contribution in [3.05, 3.63) is 82.1 Å². The fourth-order valence-electron chi connectivity index (χ4n) is 4.00. The summed E-state index contributed by atoms with van der Waals surface area (Å²) in [5.41, 5.74) is 1.72. The van der Waals surface area contributed by atoms with Crippen LogP contribution in [-0.2, 0) is 16.0 Å². The number of aromatic nitrogens is 1. The largest absolute Gasteiger partial charge is 0.336 e. The summed E-state index contributed by atoms with van der Waals surface area (Å²) < 4.78 is 14.2. The van der Waals surface area contributed by atoms with Crippen molar-refractivity contribution in [2.24, 2.45) is 0 Å². The minimum atomic E-state index is -0.506. The lowest BCUT2D eigenvalue weighted by molar-refractivity contribution is -0.126. The summed E-state index contributed by atoms with van der Waals surface area (Å²) in [4.78, 5) is 32.6. The van der Waals surface area contributed by atoms with Crippen molar-refractivity contribution in [3.63, 3.8) is 0 Å². The zero-order valence-electron chi connectivity index (χ0n) is 18.1. The molecule has 1 aromatic heterocycles. The van der Waals surface area contributed by atoms with Crippen molar-refractivity contribution in [1.29, 1.82) is 0 Å². The number of nitrogens with zero attached hydrogens (tertiary/aromatic N) is 3. The summed E-state index contributed by atoms with van der Waals surface area (Å²) in [6, 6.07) is 13.9. The number of anilines is 2. The molecule has 0 N–H and O–H groups in total. The van der Waals surface area contributed by atoms with Gasteiger partial charge in [0, 0.05) is 36.0 Å². The van der Waals surface area contributed by atoms with Crippen LogP contribution in [0.15, 0.2) is 60.0 Å². The van der Waals surface area contributed by atoms with E-state index in [-0.39, 0.29) is 23.5 Å². The van der Waals surface area contributed by atoms with Crippen molar-refractivity contribution < 1.29 is 14.0 Å². The van der Waals surface area contributed by atoms with Crippen molar-refractivity contribution in [2.45, 2.75) is 32.2 Å². The Morgan fingerprint density at radius 2 is 2.00 bits per heavy atom. The van der Waals surface area contributed by atoms with Gasteiger partial charge >= 0.3 is 0 Å². The van der Waals surface area contributed by atoms with E-state index in [4.69, 9.17) is 11.6 Å². The first-order chi connectivity index (χ1) is 15.9. The number of para-hydroxylation sites is 1. The second kappa shape index (κ2) is 10.3. The molecule has 2 amide bonds. The van der Waals surface area contributed by atoms with E-state index in [1.165, 1.54) is 41.4 Å². The van der Waals surface area contributed by atoms with Gasteiger partial charge < -0.3 is 4.90 Å². The van der Waals surface area contributed by atoms with Gasteiger partial charge in [0.2, 0.25) is 11.8 Å². The van der Waals surface area contributed by atoms with E-state index in [2.05, 4.69) is 4.98 Å². The molecule has 2 aromatic carbocycles. The van der Waals surface area contributed by atoms with E-state index in [9.17, 15) is 14.0 Å². The number of carbonyl (C=O) groups is 2. The molecule has 0 saturated carbocycles. The van der Waals surface area contributed by atoms with Gasteiger partial charge in [-0.2, -0.15) is 0 Å². The zero-order valence-corrected chi connectivity index (χ0v) is 19.7. The molecular weight excluding hydrogens is 461 g/mol. The van der Waals surface area contributed by atoms with Gasteiger partial charge in [-0.25, -0.2) is 9.37 Å². The number of halogens is 2. The maximum absolute atomic E-state index is 14.2. The Kier molecular flexibility index (Phi) is 7.20. The van der Waals surface area contributed by atoms with Crippen LogP contribution in [0.4, 0.5) is 15.2 Å². The maximum atomic E-state index is 14.2. The van der Waals surface area contributed by atoms with Crippen LogP contribution in [0.2, 0.25) is 5.02 Å². The van der Waals surface area contributed by atoms with Gasteiger partial charge in [0.1, 0.15) is 5.82 Å². The highest BCUT2D eigenvalue weighted by Gasteiger charge is 2.28. The van der Waals surface area contributed by atoms with E-state index < -0.39 is 5.82 Å². The highest BCUT2D eigenvalue weighted by Crippen LogP contribution is 2.31. The lowest BCUT2D eigenvalue weighted by atomic mass is 10.0. The van der Waals surface area contributed by atoms with Gasteiger partial charge in [0.15, 0.2) is 5.13 Å². The number of rotatable bonds is 6. The van der Waals surface area contributed by atoms with Gasteiger partial charge in [-0.05, 0) is 49.1 Å². The van der Waals surface area contributed by atoms with E-state index in [1.54, 1.807) is 23.6 Å². The lowest BCUT2D eigenvalue weighted by Gasteiger charge is -2.24. The molecule has 1 fully saturated rings. The summed E-state index contributed by atoms with van der Waals surface area (Å²) >= 11 is 7.51. The standard InChI is InChI=1S/C25H23ClFN3O2S/c1-17(31)30(23-11-5-4-10-22(23)27)25-28-19(16-33-25)12-13-24(32)29-14-6-8-20(29)15-18-7-2-3-9-21(18)26/h2-5,7,9-13,16,20H,6,8,14-15H2,1H3. The molecule has 1 aliphatic heterocycles. The summed E-state index contributed by atoms with van der Waals surface area (Å²) in [5.74, 6) is -0.939. The second-order valence-corrected chi connectivity index (χ2v) is 9.06. The maximum Gasteiger partial charge on any atom is 0.246 e. The van der Waals surface area contributed by atoms with Crippen LogP contribution in [0.1, 0.15) is 31.0 Å². The molecule has 0 bridgehead atoms. The number of amides is 2. The summed E-state index contributed by atoms with van der Waals surface area (Å²) in [7, 11) is 0. The molecule has 0 aliphatic carbocycles. The Balaban J connectivity index is 1.47. The highest BCUT2D eigenvalue weighted by atomic mass is 35.5. The quantitative estimate of drug-likeness (QED) is 0.412. The predicted molar refractivity (Wildman–Crippen MR) is 130 cm³/mol. The molecule has 1 unspecified atom stereocenters. The minimum absolute atomic E-state index is 0.0865. The molecule has 3 aromatic rings. The first-order valence-corrected chi connectivity index (χ1v) is 11.9. The molecule has 0 radical (unpaired) electrons. The van der Waals surface area contributed by atoms with Gasteiger partial charge in [0.05, 0.1) is 11.4 Å². The molecule has 1 aliphatic rings. The fraction of sp³-hybridized carbons (Fsp3) is 0.240. The van der Waals surface area contributed by atoms with E-state index in [0.29, 0.717) is 22.4 Å². The predicted octanol–water partition coefficient (Wildman–Crippen LogP) is 5.87. The van der Waals surface area contributed by atoms with Crippen molar-refractivity contribution >= 4 is 51.6 Å². The molecule has 8 heteroatoms. The van der Waals surface area contributed by atoms with Crippen LogP contribution in [0.25, 0.3) is 6.08 Å². The number of hydrogen-bond acceptors (Lipinski definition) is 4. The minimum Gasteiger partial charge on any atom is -0.336 e. The van der Waals surface area contributed by atoms with Gasteiger partial charge in [0.25, 0.3) is 0 Å². The number of benzene rings is 2.